The van der Waals surface area contributed by atoms with E-state index in [0.29, 0.717) is 12.0 Å². The fourth-order valence-corrected chi connectivity index (χ4v) is 1.30. The fourth-order valence-electron chi connectivity index (χ4n) is 1.22. The van der Waals surface area contributed by atoms with Gasteiger partial charge in [-0.2, -0.15) is 0 Å². The number of hydrogen-bond acceptors (Lipinski definition) is 0. The summed E-state index contributed by atoms with van der Waals surface area (Å²) in [6.45, 7) is 3.77. The van der Waals surface area contributed by atoms with Crippen molar-refractivity contribution in [3.05, 3.63) is 35.4 Å². The molecule has 3 heteroatoms. The number of benzene rings is 1. The molecule has 0 heterocycles. The Morgan fingerprint density at radius 3 is 2.50 bits per heavy atom. The smallest absolute Gasteiger partial charge is 0.162 e. The Morgan fingerprint density at radius 1 is 1.29 bits per heavy atom. The summed E-state index contributed by atoms with van der Waals surface area (Å²) in [4.78, 5) is 0. The molecule has 0 saturated carbocycles. The van der Waals surface area contributed by atoms with Gasteiger partial charge in [-0.25, -0.2) is 8.78 Å². The first-order valence-corrected chi connectivity index (χ1v) is 5.03. The molecule has 0 radical (unpaired) electrons. The first kappa shape index (κ1) is 11.4. The molecule has 1 aromatic rings. The molecule has 1 rings (SSSR count). The van der Waals surface area contributed by atoms with Crippen LogP contribution in [-0.2, 0) is 6.42 Å². The number of rotatable bonds is 3. The van der Waals surface area contributed by atoms with Crippen LogP contribution in [0.1, 0.15) is 19.4 Å². The van der Waals surface area contributed by atoms with Crippen molar-refractivity contribution in [2.75, 3.05) is 0 Å². The van der Waals surface area contributed by atoms with Gasteiger partial charge < -0.3 is 0 Å². The van der Waals surface area contributed by atoms with Crippen LogP contribution < -0.4 is 0 Å². The van der Waals surface area contributed by atoms with Gasteiger partial charge in [-0.3, -0.25) is 0 Å². The second-order valence-electron chi connectivity index (χ2n) is 3.57. The summed E-state index contributed by atoms with van der Waals surface area (Å²) in [6, 6.07) is 4.22. The van der Waals surface area contributed by atoms with Gasteiger partial charge in [-0.15, -0.1) is 11.6 Å². The van der Waals surface area contributed by atoms with Crippen molar-refractivity contribution in [1.82, 2.24) is 0 Å². The minimum absolute atomic E-state index is 0.0438. The van der Waals surface area contributed by atoms with Gasteiger partial charge in [0.2, 0.25) is 0 Å². The van der Waals surface area contributed by atoms with Crippen LogP contribution >= 0.6 is 11.6 Å². The number of halogens is 3. The maximum absolute atomic E-state index is 13.2. The lowest BCUT2D eigenvalue weighted by Crippen LogP contribution is -2.11. The van der Waals surface area contributed by atoms with E-state index in [1.54, 1.807) is 6.07 Å². The molecule has 0 aromatic heterocycles. The molecule has 1 aromatic carbocycles. The second-order valence-corrected chi connectivity index (χ2v) is 4.26. The number of alkyl halides is 1. The lowest BCUT2D eigenvalue weighted by Gasteiger charge is -2.14. The predicted molar refractivity (Wildman–Crippen MR) is 54.5 cm³/mol. The molecular formula is C11H13ClF2. The Balaban J connectivity index is 2.82. The van der Waals surface area contributed by atoms with Gasteiger partial charge in [-0.05, 0) is 30.9 Å². The highest BCUT2D eigenvalue weighted by molar-refractivity contribution is 6.20. The van der Waals surface area contributed by atoms with Gasteiger partial charge in [0.05, 0.1) is 0 Å². The van der Waals surface area contributed by atoms with Crippen LogP contribution in [0.2, 0.25) is 0 Å². The monoisotopic (exact) mass is 218 g/mol. The third-order valence-electron chi connectivity index (χ3n) is 2.36. The summed E-state index contributed by atoms with van der Waals surface area (Å²) in [5, 5.41) is -0.0438. The lowest BCUT2D eigenvalue weighted by atomic mass is 9.98. The molecule has 2 atom stereocenters. The van der Waals surface area contributed by atoms with Crippen LogP contribution in [-0.4, -0.2) is 5.38 Å². The summed E-state index contributed by atoms with van der Waals surface area (Å²) in [7, 11) is 0. The Kier molecular flexibility index (Phi) is 3.87. The van der Waals surface area contributed by atoms with Gasteiger partial charge in [0.15, 0.2) is 11.6 Å². The van der Waals surface area contributed by atoms with Crippen LogP contribution in [0.4, 0.5) is 8.78 Å². The second kappa shape index (κ2) is 4.74. The van der Waals surface area contributed by atoms with Gasteiger partial charge in [0.25, 0.3) is 0 Å². The molecule has 2 unspecified atom stereocenters. The molecule has 14 heavy (non-hydrogen) atoms. The lowest BCUT2D eigenvalue weighted by molar-refractivity contribution is 0.481. The Labute approximate surface area is 87.9 Å². The molecule has 78 valence electrons. The van der Waals surface area contributed by atoms with E-state index in [9.17, 15) is 8.78 Å². The third kappa shape index (κ3) is 2.68. The van der Waals surface area contributed by atoms with Crippen LogP contribution in [0.15, 0.2) is 18.2 Å². The minimum atomic E-state index is -0.795. The van der Waals surface area contributed by atoms with E-state index in [1.807, 2.05) is 13.8 Å². The van der Waals surface area contributed by atoms with Crippen molar-refractivity contribution < 1.29 is 8.78 Å². The molecule has 0 aliphatic rings. The molecule has 0 N–H and O–H groups in total. The van der Waals surface area contributed by atoms with Crippen molar-refractivity contribution in [3.8, 4) is 0 Å². The van der Waals surface area contributed by atoms with E-state index in [1.165, 1.54) is 6.07 Å². The molecule has 0 aliphatic heterocycles. The Hall–Kier alpha value is -0.630. The minimum Gasteiger partial charge on any atom is -0.204 e. The van der Waals surface area contributed by atoms with Crippen LogP contribution in [0.5, 0.6) is 0 Å². The molecular weight excluding hydrogens is 206 g/mol. The van der Waals surface area contributed by atoms with E-state index in [4.69, 9.17) is 11.6 Å². The van der Waals surface area contributed by atoms with E-state index in [2.05, 4.69) is 0 Å². The molecule has 0 amide bonds. The van der Waals surface area contributed by atoms with Crippen molar-refractivity contribution in [3.63, 3.8) is 0 Å². The normalized spacial score (nSPS) is 15.2. The topological polar surface area (TPSA) is 0 Å². The fraction of sp³-hybridized carbons (Fsp3) is 0.455. The highest BCUT2D eigenvalue weighted by atomic mass is 35.5. The summed E-state index contributed by atoms with van der Waals surface area (Å²) in [5.41, 5.74) is 0.394. The zero-order valence-corrected chi connectivity index (χ0v) is 8.98. The van der Waals surface area contributed by atoms with Crippen molar-refractivity contribution in [1.29, 1.82) is 0 Å². The zero-order valence-electron chi connectivity index (χ0n) is 8.23. The largest absolute Gasteiger partial charge is 0.204 e. The maximum Gasteiger partial charge on any atom is 0.162 e. The van der Waals surface area contributed by atoms with Gasteiger partial charge in [0.1, 0.15) is 0 Å². The number of hydrogen-bond donors (Lipinski definition) is 0. The molecule has 0 saturated heterocycles. The molecule has 0 bridgehead atoms. The predicted octanol–water partition coefficient (Wildman–Crippen LogP) is 3.77. The van der Waals surface area contributed by atoms with Gasteiger partial charge >= 0.3 is 0 Å². The van der Waals surface area contributed by atoms with E-state index in [0.717, 1.165) is 6.07 Å². The average Bonchev–Trinajstić information content (AvgIpc) is 2.12. The summed E-state index contributed by atoms with van der Waals surface area (Å²) in [5.74, 6) is -1.42. The molecule has 0 fully saturated rings. The standard InChI is InChI=1S/C11H13ClF2/c1-7(8(2)12)6-9-4-3-5-10(13)11(9)14/h3-5,7-8H,6H2,1-2H3. The molecule has 0 aliphatic carbocycles. The zero-order chi connectivity index (χ0) is 10.7. The van der Waals surface area contributed by atoms with Crippen LogP contribution in [0.3, 0.4) is 0 Å². The summed E-state index contributed by atoms with van der Waals surface area (Å²) in [6.07, 6.45) is 0.467. The average molecular weight is 219 g/mol. The van der Waals surface area contributed by atoms with Crippen molar-refractivity contribution >= 4 is 11.6 Å². The van der Waals surface area contributed by atoms with Crippen molar-refractivity contribution in [2.45, 2.75) is 25.6 Å². The van der Waals surface area contributed by atoms with Gasteiger partial charge in [0, 0.05) is 5.38 Å². The Morgan fingerprint density at radius 2 is 1.93 bits per heavy atom. The maximum atomic E-state index is 13.2. The van der Waals surface area contributed by atoms with Crippen LogP contribution in [0.25, 0.3) is 0 Å². The van der Waals surface area contributed by atoms with E-state index < -0.39 is 11.6 Å². The SMILES string of the molecule is CC(Cl)C(C)Cc1cccc(F)c1F. The van der Waals surface area contributed by atoms with Crippen molar-refractivity contribution in [2.24, 2.45) is 5.92 Å². The first-order valence-electron chi connectivity index (χ1n) is 4.59. The summed E-state index contributed by atoms with van der Waals surface area (Å²) >= 11 is 5.85. The van der Waals surface area contributed by atoms with E-state index in [-0.39, 0.29) is 11.3 Å². The van der Waals surface area contributed by atoms with Crippen LogP contribution in [0, 0.1) is 17.6 Å². The third-order valence-corrected chi connectivity index (χ3v) is 2.79. The molecule has 0 spiro atoms. The Bertz CT molecular complexity index is 310. The highest BCUT2D eigenvalue weighted by Gasteiger charge is 2.14. The first-order chi connectivity index (χ1) is 6.52. The van der Waals surface area contributed by atoms with Gasteiger partial charge in [-0.1, -0.05) is 19.1 Å². The summed E-state index contributed by atoms with van der Waals surface area (Å²) < 4.78 is 26.0. The highest BCUT2D eigenvalue weighted by Crippen LogP contribution is 2.19. The quantitative estimate of drug-likeness (QED) is 0.678. The molecule has 0 nitrogen and oxygen atoms in total. The van der Waals surface area contributed by atoms with E-state index >= 15 is 0 Å².